The van der Waals surface area contributed by atoms with E-state index in [-0.39, 0.29) is 26.6 Å². The molecular weight excluding hydrogens is 357 g/mol. The van der Waals surface area contributed by atoms with Gasteiger partial charge in [0.15, 0.2) is 0 Å². The van der Waals surface area contributed by atoms with Gasteiger partial charge in [-0.2, -0.15) is 5.06 Å². The Morgan fingerprint density at radius 2 is 1.42 bits per heavy atom. The van der Waals surface area contributed by atoms with Crippen molar-refractivity contribution in [2.75, 3.05) is 26.6 Å². The first-order valence-corrected chi connectivity index (χ1v) is 10.8. The maximum Gasteiger partial charge on any atom is 0.350 e. The molecule has 0 aliphatic carbocycles. The van der Waals surface area contributed by atoms with Crippen molar-refractivity contribution in [3.63, 3.8) is 0 Å². The highest BCUT2D eigenvalue weighted by atomic mass is 31.2. The lowest BCUT2D eigenvalue weighted by Gasteiger charge is -2.49. The largest absolute Gasteiger partial charge is 0.371 e. The van der Waals surface area contributed by atoms with Crippen LogP contribution in [-0.2, 0) is 23.2 Å². The summed E-state index contributed by atoms with van der Waals surface area (Å²) in [5, 5.41) is 10.7. The van der Waals surface area contributed by atoms with E-state index in [1.807, 2.05) is 55.4 Å². The zero-order valence-electron chi connectivity index (χ0n) is 18.3. The summed E-state index contributed by atoms with van der Waals surface area (Å²) < 4.78 is 30.2. The zero-order valence-corrected chi connectivity index (χ0v) is 19.2. The van der Waals surface area contributed by atoms with Gasteiger partial charge >= 0.3 is 7.60 Å². The fourth-order valence-electron chi connectivity index (χ4n) is 2.63. The Bertz CT molecular complexity index is 446. The maximum atomic E-state index is 13.7. The van der Waals surface area contributed by atoms with Crippen LogP contribution in [0.3, 0.4) is 0 Å². The van der Waals surface area contributed by atoms with E-state index in [9.17, 15) is 4.57 Å². The highest BCUT2D eigenvalue weighted by Crippen LogP contribution is 2.61. The van der Waals surface area contributed by atoms with Crippen LogP contribution in [0.2, 0.25) is 0 Å². The number of rotatable bonds is 11. The summed E-state index contributed by atoms with van der Waals surface area (Å²) in [5.41, 5.74) is -1.69. The third-order valence-electron chi connectivity index (χ3n) is 3.46. The molecule has 0 fully saturated rings. The molecule has 0 heterocycles. The monoisotopic (exact) mass is 397 g/mol. The van der Waals surface area contributed by atoms with Crippen LogP contribution in [-0.4, -0.2) is 53.7 Å². The minimum Gasteiger partial charge on any atom is -0.371 e. The average molecular weight is 397 g/mol. The first-order chi connectivity index (χ1) is 11.6. The molecule has 0 aromatic rings. The van der Waals surface area contributed by atoms with Gasteiger partial charge in [0.2, 0.25) is 0 Å². The average Bonchev–Trinajstić information content (AvgIpc) is 2.42. The Morgan fingerprint density at radius 1 is 0.962 bits per heavy atom. The smallest absolute Gasteiger partial charge is 0.350 e. The fraction of sp³-hybridized carbons (Fsp3) is 1.00. The van der Waals surface area contributed by atoms with Crippen molar-refractivity contribution < 1.29 is 28.3 Å². The van der Waals surface area contributed by atoms with E-state index in [2.05, 4.69) is 0 Å². The highest BCUT2D eigenvalue weighted by molar-refractivity contribution is 7.54. The molecule has 8 heteroatoms. The molecule has 1 unspecified atom stereocenters. The number of nitrogens with zero attached hydrogens (tertiary/aromatic N) is 1. The molecule has 1 N–H and O–H groups in total. The molecule has 0 saturated heterocycles. The van der Waals surface area contributed by atoms with Crippen LogP contribution in [0.25, 0.3) is 0 Å². The van der Waals surface area contributed by atoms with Crippen LogP contribution in [0, 0.1) is 5.41 Å². The summed E-state index contributed by atoms with van der Waals surface area (Å²) in [6.45, 7) is 19.6. The van der Waals surface area contributed by atoms with Gasteiger partial charge in [0, 0.05) is 5.54 Å². The summed E-state index contributed by atoms with van der Waals surface area (Å²) >= 11 is 0. The molecule has 0 aliphatic heterocycles. The van der Waals surface area contributed by atoms with Crippen molar-refractivity contribution in [1.29, 1.82) is 0 Å². The number of aliphatic hydroxyl groups excluding tert-OH is 1. The highest BCUT2D eigenvalue weighted by Gasteiger charge is 2.52. The lowest BCUT2D eigenvalue weighted by molar-refractivity contribution is -0.305. The summed E-state index contributed by atoms with van der Waals surface area (Å²) in [7, 11) is -3.50. The molecule has 0 aromatic heterocycles. The number of ether oxygens (including phenoxy) is 1. The Balaban J connectivity index is 6.12. The third kappa shape index (κ3) is 7.93. The third-order valence-corrected chi connectivity index (χ3v) is 6.28. The summed E-state index contributed by atoms with van der Waals surface area (Å²) in [5.74, 6) is -0.636. The second kappa shape index (κ2) is 9.97. The van der Waals surface area contributed by atoms with Crippen molar-refractivity contribution in [1.82, 2.24) is 5.06 Å². The van der Waals surface area contributed by atoms with E-state index in [4.69, 9.17) is 23.7 Å². The maximum absolute atomic E-state index is 13.7. The van der Waals surface area contributed by atoms with Crippen LogP contribution in [0.15, 0.2) is 0 Å². The van der Waals surface area contributed by atoms with Crippen LogP contribution in [0.4, 0.5) is 0 Å². The number of hydrogen-bond donors (Lipinski definition) is 1. The van der Waals surface area contributed by atoms with E-state index in [1.54, 1.807) is 18.9 Å². The van der Waals surface area contributed by atoms with Crippen molar-refractivity contribution in [2.45, 2.75) is 86.2 Å². The molecule has 7 nitrogen and oxygen atoms in total. The molecule has 0 bridgehead atoms. The SMILES string of the molecule is CCOP(=O)(OCC)C(N(OC(C)(C)COCO)C(C)(C)C)C(C)(C)C. The van der Waals surface area contributed by atoms with Crippen LogP contribution in [0.1, 0.15) is 69.2 Å². The quantitative estimate of drug-likeness (QED) is 0.314. The van der Waals surface area contributed by atoms with E-state index < -0.39 is 29.9 Å². The van der Waals surface area contributed by atoms with Gasteiger partial charge in [0.25, 0.3) is 0 Å². The summed E-state index contributed by atoms with van der Waals surface area (Å²) in [4.78, 5) is 6.30. The van der Waals surface area contributed by atoms with Gasteiger partial charge in [-0.15, -0.1) is 0 Å². The van der Waals surface area contributed by atoms with E-state index in [0.29, 0.717) is 0 Å². The molecule has 26 heavy (non-hydrogen) atoms. The zero-order chi connectivity index (χ0) is 20.8. The van der Waals surface area contributed by atoms with Gasteiger partial charge in [-0.25, -0.2) is 0 Å². The second-order valence-corrected chi connectivity index (χ2v) is 11.0. The van der Waals surface area contributed by atoms with Gasteiger partial charge in [-0.1, -0.05) is 20.8 Å². The van der Waals surface area contributed by atoms with Crippen molar-refractivity contribution in [3.8, 4) is 0 Å². The van der Waals surface area contributed by atoms with Crippen molar-refractivity contribution >= 4 is 7.60 Å². The topological polar surface area (TPSA) is 77.5 Å². The second-order valence-electron chi connectivity index (χ2n) is 8.94. The Hall–Kier alpha value is -0.0100. The number of aliphatic hydroxyl groups is 1. The predicted molar refractivity (Wildman–Crippen MR) is 104 cm³/mol. The van der Waals surface area contributed by atoms with Crippen LogP contribution >= 0.6 is 7.60 Å². The molecular formula is C18H40NO6P. The normalized spacial score (nSPS) is 15.5. The van der Waals surface area contributed by atoms with Gasteiger partial charge in [0.1, 0.15) is 18.2 Å². The Kier molecular flexibility index (Phi) is 9.96. The lowest BCUT2D eigenvalue weighted by Crippen LogP contribution is -2.56. The number of hydroxylamine groups is 2. The fourth-order valence-corrected chi connectivity index (χ4v) is 5.31. The molecule has 0 aromatic carbocycles. The van der Waals surface area contributed by atoms with Crippen LogP contribution < -0.4 is 0 Å². The first-order valence-electron chi connectivity index (χ1n) is 9.20. The Labute approximate surface area is 159 Å². The van der Waals surface area contributed by atoms with Gasteiger partial charge < -0.3 is 18.9 Å². The van der Waals surface area contributed by atoms with Gasteiger partial charge in [-0.05, 0) is 53.9 Å². The first kappa shape index (κ1) is 26.0. The van der Waals surface area contributed by atoms with Crippen molar-refractivity contribution in [3.05, 3.63) is 0 Å². The summed E-state index contributed by atoms with van der Waals surface area (Å²) in [6, 6.07) is 0. The Morgan fingerprint density at radius 3 is 1.73 bits per heavy atom. The molecule has 0 radical (unpaired) electrons. The van der Waals surface area contributed by atoms with Crippen molar-refractivity contribution in [2.24, 2.45) is 5.41 Å². The standard InChI is InChI=1S/C18H40NO6P/c1-11-23-26(21,24-12-2)15(16(3,4)5)19(17(6,7)8)25-18(9,10)13-22-14-20/h15,20H,11-14H2,1-10H3. The minimum atomic E-state index is -3.50. The molecule has 1 atom stereocenters. The lowest BCUT2D eigenvalue weighted by atomic mass is 9.94. The molecule has 0 aliphatic rings. The van der Waals surface area contributed by atoms with Gasteiger partial charge in [-0.3, -0.25) is 9.40 Å². The summed E-state index contributed by atoms with van der Waals surface area (Å²) in [6.07, 6.45) is 0. The van der Waals surface area contributed by atoms with E-state index in [1.165, 1.54) is 0 Å². The molecule has 158 valence electrons. The molecule has 0 spiro atoms. The number of hydrogen-bond acceptors (Lipinski definition) is 7. The minimum absolute atomic E-state index is 0.181. The van der Waals surface area contributed by atoms with Crippen LogP contribution in [0.5, 0.6) is 0 Å². The molecule has 0 amide bonds. The predicted octanol–water partition coefficient (Wildman–Crippen LogP) is 4.40. The van der Waals surface area contributed by atoms with E-state index >= 15 is 0 Å². The van der Waals surface area contributed by atoms with Gasteiger partial charge in [0.05, 0.1) is 19.8 Å². The van der Waals surface area contributed by atoms with E-state index in [0.717, 1.165) is 0 Å². The molecule has 0 rings (SSSR count). The molecule has 0 saturated carbocycles.